The Balaban J connectivity index is 2.43. The standard InChI is InChI=1S/C14H29B/c1-5-6-12-7-8-13(9-14(12)15)11(4)10(2)3/h10-14H,5-9,15H2,1-4H3. The van der Waals surface area contributed by atoms with Crippen LogP contribution >= 0.6 is 0 Å². The first-order chi connectivity index (χ1) is 7.06. The van der Waals surface area contributed by atoms with Gasteiger partial charge in [-0.15, -0.1) is 0 Å². The number of rotatable bonds is 4. The van der Waals surface area contributed by atoms with Crippen LogP contribution in [0.4, 0.5) is 0 Å². The summed E-state index contributed by atoms with van der Waals surface area (Å²) < 4.78 is 0. The maximum absolute atomic E-state index is 2.49. The molecule has 0 bridgehead atoms. The van der Waals surface area contributed by atoms with Gasteiger partial charge in [0.15, 0.2) is 0 Å². The molecule has 0 aliphatic heterocycles. The quantitative estimate of drug-likeness (QED) is 0.614. The molecule has 0 nitrogen and oxygen atoms in total. The maximum Gasteiger partial charge on any atom is 0.105 e. The topological polar surface area (TPSA) is 0 Å². The molecule has 0 aromatic rings. The highest BCUT2D eigenvalue weighted by atomic mass is 14.3. The molecule has 88 valence electrons. The van der Waals surface area contributed by atoms with Gasteiger partial charge in [0.05, 0.1) is 0 Å². The number of hydrogen-bond donors (Lipinski definition) is 0. The predicted octanol–water partition coefficient (Wildman–Crippen LogP) is 3.92. The molecule has 4 unspecified atom stereocenters. The summed E-state index contributed by atoms with van der Waals surface area (Å²) in [6.07, 6.45) is 7.32. The first kappa shape index (κ1) is 13.1. The minimum absolute atomic E-state index is 0.866. The molecular weight excluding hydrogens is 179 g/mol. The van der Waals surface area contributed by atoms with Gasteiger partial charge in [0.2, 0.25) is 0 Å². The van der Waals surface area contributed by atoms with Crippen LogP contribution in [0.2, 0.25) is 5.82 Å². The van der Waals surface area contributed by atoms with E-state index in [0.29, 0.717) is 0 Å². The van der Waals surface area contributed by atoms with Crippen LogP contribution in [-0.2, 0) is 0 Å². The fourth-order valence-electron chi connectivity index (χ4n) is 3.32. The first-order valence-corrected chi connectivity index (χ1v) is 7.06. The van der Waals surface area contributed by atoms with Crippen molar-refractivity contribution < 1.29 is 0 Å². The zero-order valence-corrected chi connectivity index (χ0v) is 11.4. The van der Waals surface area contributed by atoms with E-state index in [1.165, 1.54) is 32.1 Å². The van der Waals surface area contributed by atoms with E-state index in [0.717, 1.165) is 29.5 Å². The maximum atomic E-state index is 2.49. The van der Waals surface area contributed by atoms with Gasteiger partial charge < -0.3 is 0 Å². The van der Waals surface area contributed by atoms with Gasteiger partial charge in [-0.05, 0) is 30.1 Å². The average molecular weight is 208 g/mol. The third-order valence-corrected chi connectivity index (χ3v) is 4.84. The summed E-state index contributed by atoms with van der Waals surface area (Å²) in [5.74, 6) is 4.81. The summed E-state index contributed by atoms with van der Waals surface area (Å²) in [5, 5.41) is 0. The number of hydrogen-bond acceptors (Lipinski definition) is 0. The summed E-state index contributed by atoms with van der Waals surface area (Å²) in [7, 11) is 2.49. The molecule has 1 rings (SSSR count). The molecule has 1 heteroatoms. The van der Waals surface area contributed by atoms with Gasteiger partial charge in [0.1, 0.15) is 7.85 Å². The van der Waals surface area contributed by atoms with E-state index in [1.807, 2.05) is 0 Å². The second-order valence-corrected chi connectivity index (χ2v) is 6.20. The molecule has 0 heterocycles. The molecule has 0 aromatic carbocycles. The van der Waals surface area contributed by atoms with Gasteiger partial charge in [-0.2, -0.15) is 0 Å². The lowest BCUT2D eigenvalue weighted by Crippen LogP contribution is -2.27. The Hall–Kier alpha value is 0.0649. The highest BCUT2D eigenvalue weighted by molar-refractivity contribution is 6.11. The van der Waals surface area contributed by atoms with Crippen molar-refractivity contribution in [3.05, 3.63) is 0 Å². The molecule has 0 N–H and O–H groups in total. The smallest absolute Gasteiger partial charge is 0.0667 e. The fourth-order valence-corrected chi connectivity index (χ4v) is 3.32. The van der Waals surface area contributed by atoms with E-state index in [9.17, 15) is 0 Å². The van der Waals surface area contributed by atoms with Crippen molar-refractivity contribution in [1.82, 2.24) is 0 Å². The Kier molecular flexibility index (Phi) is 5.22. The molecule has 0 amide bonds. The summed E-state index contributed by atoms with van der Waals surface area (Å²) >= 11 is 0. The Morgan fingerprint density at radius 1 is 1.20 bits per heavy atom. The molecule has 1 fully saturated rings. The monoisotopic (exact) mass is 208 g/mol. The van der Waals surface area contributed by atoms with Crippen LogP contribution in [0.5, 0.6) is 0 Å². The molecule has 1 aliphatic rings. The van der Waals surface area contributed by atoms with E-state index in [-0.39, 0.29) is 0 Å². The van der Waals surface area contributed by atoms with E-state index in [4.69, 9.17) is 0 Å². The van der Waals surface area contributed by atoms with Gasteiger partial charge in [-0.25, -0.2) is 0 Å². The molecule has 1 saturated carbocycles. The molecule has 0 radical (unpaired) electrons. The third-order valence-electron chi connectivity index (χ3n) is 4.84. The molecule has 15 heavy (non-hydrogen) atoms. The van der Waals surface area contributed by atoms with Gasteiger partial charge in [-0.3, -0.25) is 0 Å². The lowest BCUT2D eigenvalue weighted by molar-refractivity contribution is 0.175. The minimum atomic E-state index is 0.866. The van der Waals surface area contributed by atoms with Crippen LogP contribution in [-0.4, -0.2) is 7.85 Å². The van der Waals surface area contributed by atoms with Crippen molar-refractivity contribution in [2.75, 3.05) is 0 Å². The highest BCUT2D eigenvalue weighted by Crippen LogP contribution is 2.42. The normalized spacial score (nSPS) is 34.3. The first-order valence-electron chi connectivity index (χ1n) is 7.06. The van der Waals surface area contributed by atoms with Crippen LogP contribution < -0.4 is 0 Å². The van der Waals surface area contributed by atoms with Crippen LogP contribution in [0.3, 0.4) is 0 Å². The molecule has 0 saturated heterocycles. The van der Waals surface area contributed by atoms with E-state index in [1.54, 1.807) is 0 Å². The average Bonchev–Trinajstić information content (AvgIpc) is 2.20. The summed E-state index contributed by atoms with van der Waals surface area (Å²) in [4.78, 5) is 0. The Labute approximate surface area is 97.6 Å². The van der Waals surface area contributed by atoms with E-state index in [2.05, 4.69) is 35.5 Å². The van der Waals surface area contributed by atoms with Crippen molar-refractivity contribution in [1.29, 1.82) is 0 Å². The minimum Gasteiger partial charge on any atom is -0.0667 e. The van der Waals surface area contributed by atoms with Crippen LogP contribution in [0.15, 0.2) is 0 Å². The van der Waals surface area contributed by atoms with E-state index < -0.39 is 0 Å². The summed E-state index contributed by atoms with van der Waals surface area (Å²) in [6, 6.07) is 0. The third kappa shape index (κ3) is 3.54. The van der Waals surface area contributed by atoms with Gasteiger partial charge >= 0.3 is 0 Å². The molecular formula is C14H29B. The zero-order chi connectivity index (χ0) is 11.4. The lowest BCUT2D eigenvalue weighted by atomic mass is 9.60. The van der Waals surface area contributed by atoms with Crippen molar-refractivity contribution in [3.8, 4) is 0 Å². The fraction of sp³-hybridized carbons (Fsp3) is 1.00. The van der Waals surface area contributed by atoms with Crippen molar-refractivity contribution >= 4 is 7.85 Å². The van der Waals surface area contributed by atoms with Crippen molar-refractivity contribution in [2.45, 2.75) is 65.6 Å². The second kappa shape index (κ2) is 5.96. The Morgan fingerprint density at radius 2 is 1.87 bits per heavy atom. The lowest BCUT2D eigenvalue weighted by Gasteiger charge is -2.38. The predicted molar refractivity (Wildman–Crippen MR) is 72.0 cm³/mol. The highest BCUT2D eigenvalue weighted by Gasteiger charge is 2.30. The molecule has 4 atom stereocenters. The molecule has 0 spiro atoms. The van der Waals surface area contributed by atoms with E-state index >= 15 is 0 Å². The summed E-state index contributed by atoms with van der Waals surface area (Å²) in [6.45, 7) is 9.55. The Morgan fingerprint density at radius 3 is 2.33 bits per heavy atom. The van der Waals surface area contributed by atoms with Crippen LogP contribution in [0.25, 0.3) is 0 Å². The Bertz CT molecular complexity index is 176. The molecule has 0 aromatic heterocycles. The van der Waals surface area contributed by atoms with Crippen LogP contribution in [0.1, 0.15) is 59.8 Å². The SMILES string of the molecule is BC1CC(C(C)C(C)C)CCC1CCC. The van der Waals surface area contributed by atoms with Gasteiger partial charge in [0.25, 0.3) is 0 Å². The van der Waals surface area contributed by atoms with Crippen molar-refractivity contribution in [2.24, 2.45) is 23.7 Å². The van der Waals surface area contributed by atoms with Gasteiger partial charge in [0, 0.05) is 0 Å². The second-order valence-electron chi connectivity index (χ2n) is 6.20. The van der Waals surface area contributed by atoms with Crippen LogP contribution in [0, 0.1) is 23.7 Å². The van der Waals surface area contributed by atoms with Crippen molar-refractivity contribution in [3.63, 3.8) is 0 Å². The summed E-state index contributed by atoms with van der Waals surface area (Å²) in [5.41, 5.74) is 0. The van der Waals surface area contributed by atoms with Gasteiger partial charge in [-0.1, -0.05) is 59.2 Å². The largest absolute Gasteiger partial charge is 0.105 e. The molecule has 1 aliphatic carbocycles. The zero-order valence-electron chi connectivity index (χ0n) is 11.4.